The number of halogens is 1. The van der Waals surface area contributed by atoms with Crippen LogP contribution in [0.3, 0.4) is 0 Å². The first kappa shape index (κ1) is 13.0. The zero-order valence-electron chi connectivity index (χ0n) is 9.62. The number of hydrogen-bond acceptors (Lipinski definition) is 2. The Balaban J connectivity index is 2.55. The molecule has 0 fully saturated rings. The first-order valence-electron chi connectivity index (χ1n) is 5.17. The van der Waals surface area contributed by atoms with Crippen LogP contribution < -0.4 is 5.49 Å². The van der Waals surface area contributed by atoms with Crippen molar-refractivity contribution in [1.82, 2.24) is 4.57 Å². The van der Waals surface area contributed by atoms with Gasteiger partial charge in [0.05, 0.1) is 4.90 Å². The molecule has 0 N–H and O–H groups in total. The number of nitrogens with zero attached hydrogens (tertiary/aromatic N) is 2. The number of benzene rings is 1. The fourth-order valence-corrected chi connectivity index (χ4v) is 2.68. The van der Waals surface area contributed by atoms with Crippen molar-refractivity contribution < 1.29 is 8.42 Å². The third-order valence-electron chi connectivity index (χ3n) is 2.35. The Morgan fingerprint density at radius 2 is 1.78 bits per heavy atom. The van der Waals surface area contributed by atoms with E-state index in [1.54, 1.807) is 42.1 Å². The molecule has 0 aliphatic heterocycles. The van der Waals surface area contributed by atoms with Gasteiger partial charge in [-0.25, -0.2) is 0 Å². The lowest BCUT2D eigenvalue weighted by atomic mass is 10.4. The Labute approximate surface area is 114 Å². The molecule has 1 heterocycles. The lowest BCUT2D eigenvalue weighted by Gasteiger charge is -2.01. The Morgan fingerprint density at radius 3 is 2.39 bits per heavy atom. The van der Waals surface area contributed by atoms with Crippen molar-refractivity contribution in [2.45, 2.75) is 4.90 Å². The molecule has 0 radical (unpaired) electrons. The highest BCUT2D eigenvalue weighted by Crippen LogP contribution is 2.15. The topological polar surface area (TPSA) is 51.4 Å². The number of aryl methyl sites for hydroxylation is 1. The normalized spacial score (nSPS) is 12.7. The monoisotopic (exact) mass is 326 g/mol. The van der Waals surface area contributed by atoms with E-state index in [4.69, 9.17) is 0 Å². The quantitative estimate of drug-likeness (QED) is 0.848. The second kappa shape index (κ2) is 5.07. The maximum atomic E-state index is 12.1. The molecule has 0 saturated heterocycles. The first-order chi connectivity index (χ1) is 8.49. The summed E-state index contributed by atoms with van der Waals surface area (Å²) >= 11 is 3.26. The third kappa shape index (κ3) is 2.88. The van der Waals surface area contributed by atoms with Crippen LogP contribution >= 0.6 is 15.9 Å². The van der Waals surface area contributed by atoms with Crippen molar-refractivity contribution in [3.63, 3.8) is 0 Å². The zero-order valence-corrected chi connectivity index (χ0v) is 12.0. The van der Waals surface area contributed by atoms with E-state index < -0.39 is 10.0 Å². The van der Waals surface area contributed by atoms with Gasteiger partial charge in [0.2, 0.25) is 0 Å². The van der Waals surface area contributed by atoms with E-state index in [0.717, 1.165) is 4.47 Å². The molecule has 0 spiro atoms. The molecule has 2 aromatic rings. The van der Waals surface area contributed by atoms with Crippen LogP contribution in [0, 0.1) is 0 Å². The second-order valence-electron chi connectivity index (χ2n) is 3.69. The molecule has 4 nitrogen and oxygen atoms in total. The minimum Gasteiger partial charge on any atom is -0.335 e. The molecule has 0 aliphatic carbocycles. The fraction of sp³-hybridized carbons (Fsp3) is 0.0833. The zero-order chi connectivity index (χ0) is 13.2. The minimum absolute atomic E-state index is 0.176. The summed E-state index contributed by atoms with van der Waals surface area (Å²) in [6, 6.07) is 11.6. The van der Waals surface area contributed by atoms with Gasteiger partial charge in [-0.05, 0) is 36.4 Å². The average molecular weight is 327 g/mol. The van der Waals surface area contributed by atoms with Crippen LogP contribution in [-0.4, -0.2) is 13.0 Å². The molecular weight excluding hydrogens is 316 g/mol. The van der Waals surface area contributed by atoms with Gasteiger partial charge in [0.15, 0.2) is 0 Å². The van der Waals surface area contributed by atoms with Gasteiger partial charge in [-0.2, -0.15) is 8.42 Å². The van der Waals surface area contributed by atoms with E-state index in [1.807, 2.05) is 6.07 Å². The van der Waals surface area contributed by atoms with Crippen molar-refractivity contribution in [3.05, 3.63) is 58.6 Å². The number of pyridine rings is 1. The van der Waals surface area contributed by atoms with Crippen molar-refractivity contribution in [3.8, 4) is 0 Å². The standard InChI is InChI=1S/C12H11BrN2O2S/c1-15-9-3-2-4-12(15)14-18(16,17)11-7-5-10(13)6-8-11/h2-9H,1H3. The van der Waals surface area contributed by atoms with Gasteiger partial charge < -0.3 is 4.57 Å². The molecule has 2 rings (SSSR count). The Morgan fingerprint density at radius 1 is 1.11 bits per heavy atom. The van der Waals surface area contributed by atoms with Crippen LogP contribution in [0.1, 0.15) is 0 Å². The summed E-state index contributed by atoms with van der Waals surface area (Å²) in [7, 11) is -1.92. The molecule has 0 saturated carbocycles. The van der Waals surface area contributed by atoms with E-state index in [9.17, 15) is 8.42 Å². The highest BCUT2D eigenvalue weighted by molar-refractivity contribution is 9.10. The first-order valence-corrected chi connectivity index (χ1v) is 7.40. The van der Waals surface area contributed by atoms with Crippen LogP contribution in [0.15, 0.2) is 62.4 Å². The van der Waals surface area contributed by atoms with Gasteiger partial charge in [-0.3, -0.25) is 0 Å². The van der Waals surface area contributed by atoms with E-state index in [-0.39, 0.29) is 4.90 Å². The SMILES string of the molecule is Cn1ccccc1=NS(=O)(=O)c1ccc(Br)cc1. The molecule has 94 valence electrons. The highest BCUT2D eigenvalue weighted by Gasteiger charge is 2.11. The summed E-state index contributed by atoms with van der Waals surface area (Å²) < 4.78 is 30.4. The lowest BCUT2D eigenvalue weighted by Crippen LogP contribution is -2.18. The van der Waals surface area contributed by atoms with Gasteiger partial charge in [-0.1, -0.05) is 22.0 Å². The molecule has 0 bridgehead atoms. The van der Waals surface area contributed by atoms with E-state index >= 15 is 0 Å². The Kier molecular flexibility index (Phi) is 3.68. The maximum Gasteiger partial charge on any atom is 0.284 e. The van der Waals surface area contributed by atoms with Crippen LogP contribution in [0.5, 0.6) is 0 Å². The van der Waals surface area contributed by atoms with Crippen molar-refractivity contribution >= 4 is 26.0 Å². The molecule has 1 aromatic heterocycles. The van der Waals surface area contributed by atoms with Gasteiger partial charge >= 0.3 is 0 Å². The third-order valence-corrected chi connectivity index (χ3v) is 4.18. The van der Waals surface area contributed by atoms with Gasteiger partial charge in [-0.15, -0.1) is 4.40 Å². The number of sulfonamides is 1. The predicted molar refractivity (Wildman–Crippen MR) is 72.3 cm³/mol. The summed E-state index contributed by atoms with van der Waals surface area (Å²) in [5, 5.41) is 0. The van der Waals surface area contributed by atoms with Gasteiger partial charge in [0, 0.05) is 17.7 Å². The Bertz CT molecular complexity index is 718. The minimum atomic E-state index is -3.67. The van der Waals surface area contributed by atoms with Crippen LogP contribution in [0.2, 0.25) is 0 Å². The highest BCUT2D eigenvalue weighted by atomic mass is 79.9. The van der Waals surface area contributed by atoms with Crippen LogP contribution in [-0.2, 0) is 17.1 Å². The number of rotatable bonds is 2. The fourth-order valence-electron chi connectivity index (χ4n) is 1.39. The maximum absolute atomic E-state index is 12.1. The summed E-state index contributed by atoms with van der Waals surface area (Å²) in [5.74, 6) is 0. The van der Waals surface area contributed by atoms with E-state index in [1.165, 1.54) is 12.1 Å². The van der Waals surface area contributed by atoms with E-state index in [0.29, 0.717) is 5.49 Å². The van der Waals surface area contributed by atoms with E-state index in [2.05, 4.69) is 20.3 Å². The van der Waals surface area contributed by atoms with Crippen molar-refractivity contribution in [2.24, 2.45) is 11.4 Å². The molecule has 0 unspecified atom stereocenters. The largest absolute Gasteiger partial charge is 0.335 e. The molecule has 0 aliphatic rings. The van der Waals surface area contributed by atoms with Crippen molar-refractivity contribution in [1.29, 1.82) is 0 Å². The smallest absolute Gasteiger partial charge is 0.284 e. The summed E-state index contributed by atoms with van der Waals surface area (Å²) in [4.78, 5) is 0.176. The molecular formula is C12H11BrN2O2S. The summed E-state index contributed by atoms with van der Waals surface area (Å²) in [6.07, 6.45) is 1.75. The predicted octanol–water partition coefficient (Wildman–Crippen LogP) is 2.08. The summed E-state index contributed by atoms with van der Waals surface area (Å²) in [6.45, 7) is 0. The number of hydrogen-bond donors (Lipinski definition) is 0. The van der Waals surface area contributed by atoms with Crippen molar-refractivity contribution in [2.75, 3.05) is 0 Å². The molecule has 0 atom stereocenters. The number of aromatic nitrogens is 1. The van der Waals surface area contributed by atoms with Crippen LogP contribution in [0.25, 0.3) is 0 Å². The van der Waals surface area contributed by atoms with Crippen LogP contribution in [0.4, 0.5) is 0 Å². The molecule has 18 heavy (non-hydrogen) atoms. The molecule has 6 heteroatoms. The Hall–Kier alpha value is -1.40. The molecule has 1 aromatic carbocycles. The molecule has 0 amide bonds. The van der Waals surface area contributed by atoms with Gasteiger partial charge in [0.25, 0.3) is 10.0 Å². The van der Waals surface area contributed by atoms with Gasteiger partial charge in [0.1, 0.15) is 5.49 Å². The lowest BCUT2D eigenvalue weighted by molar-refractivity contribution is 0.595. The summed E-state index contributed by atoms with van der Waals surface area (Å²) in [5.41, 5.74) is 0.389. The second-order valence-corrected chi connectivity index (χ2v) is 6.21. The average Bonchev–Trinajstić information content (AvgIpc) is 2.32.